The average Bonchev–Trinajstić information content (AvgIpc) is 2.30. The molecular weight excluding hydrogens is 234 g/mol. The van der Waals surface area contributed by atoms with E-state index in [1.54, 1.807) is 7.11 Å². The quantitative estimate of drug-likeness (QED) is 0.741. The summed E-state index contributed by atoms with van der Waals surface area (Å²) in [5.41, 5.74) is 2.30. The Morgan fingerprint density at radius 3 is 2.12 bits per heavy atom. The van der Waals surface area contributed by atoms with Gasteiger partial charge in [0.1, 0.15) is 5.75 Å². The summed E-state index contributed by atoms with van der Waals surface area (Å²) in [6.45, 7) is 0. The van der Waals surface area contributed by atoms with E-state index in [9.17, 15) is 0 Å². The first-order valence-electron chi connectivity index (χ1n) is 5.00. The molecule has 2 aromatic rings. The third-order valence-electron chi connectivity index (χ3n) is 2.45. The van der Waals surface area contributed by atoms with Crippen molar-refractivity contribution in [1.82, 2.24) is 0 Å². The minimum absolute atomic E-state index is 0.906. The summed E-state index contributed by atoms with van der Waals surface area (Å²) < 4.78 is 5.39. The highest BCUT2D eigenvalue weighted by Gasteiger charge is 2.05. The molecule has 0 bridgehead atoms. The van der Waals surface area contributed by atoms with Gasteiger partial charge in [-0.2, -0.15) is 0 Å². The van der Waals surface area contributed by atoms with Crippen molar-refractivity contribution in [3.05, 3.63) is 42.5 Å². The van der Waals surface area contributed by atoms with Crippen LogP contribution in [0.4, 0.5) is 0 Å². The molecule has 3 heteroatoms. The van der Waals surface area contributed by atoms with Crippen LogP contribution in [0.15, 0.2) is 42.5 Å². The Kier molecular flexibility index (Phi) is 3.59. The monoisotopic (exact) mass is 248 g/mol. The van der Waals surface area contributed by atoms with Crippen LogP contribution < -0.4 is 15.3 Å². The molecule has 0 heterocycles. The molecule has 2 aromatic carbocycles. The minimum Gasteiger partial charge on any atom is -0.496 e. The summed E-state index contributed by atoms with van der Waals surface area (Å²) in [7, 11) is 7.06. The van der Waals surface area contributed by atoms with Gasteiger partial charge in [-0.3, -0.25) is 0 Å². The van der Waals surface area contributed by atoms with Gasteiger partial charge < -0.3 is 4.74 Å². The molecule has 16 heavy (non-hydrogen) atoms. The van der Waals surface area contributed by atoms with Crippen LogP contribution in [0.5, 0.6) is 5.75 Å². The fraction of sp³-hybridized carbons (Fsp3) is 0.0769. The molecule has 2 unspecified atom stereocenters. The van der Waals surface area contributed by atoms with Gasteiger partial charge in [0.05, 0.1) is 7.11 Å². The molecule has 82 valence electrons. The molecule has 0 radical (unpaired) electrons. The number of hydrogen-bond acceptors (Lipinski definition) is 1. The van der Waals surface area contributed by atoms with Gasteiger partial charge in [-0.1, -0.05) is 36.4 Å². The molecule has 0 aliphatic carbocycles. The third kappa shape index (κ3) is 2.43. The Morgan fingerprint density at radius 1 is 0.875 bits per heavy atom. The second kappa shape index (κ2) is 4.95. The highest BCUT2D eigenvalue weighted by Crippen LogP contribution is 2.28. The molecule has 0 aromatic heterocycles. The summed E-state index contributed by atoms with van der Waals surface area (Å²) in [6, 6.07) is 14.5. The average molecular weight is 248 g/mol. The fourth-order valence-electron chi connectivity index (χ4n) is 1.61. The molecule has 0 aliphatic heterocycles. The van der Waals surface area contributed by atoms with Gasteiger partial charge in [0.15, 0.2) is 0 Å². The van der Waals surface area contributed by atoms with Crippen LogP contribution in [0, 0.1) is 0 Å². The smallest absolute Gasteiger partial charge is 0.127 e. The van der Waals surface area contributed by atoms with E-state index in [1.807, 2.05) is 6.07 Å². The molecule has 0 aliphatic rings. The largest absolute Gasteiger partial charge is 0.496 e. The highest BCUT2D eigenvalue weighted by molar-refractivity contribution is 7.27. The van der Waals surface area contributed by atoms with E-state index in [0.717, 1.165) is 16.6 Å². The van der Waals surface area contributed by atoms with E-state index in [4.69, 9.17) is 4.74 Å². The lowest BCUT2D eigenvalue weighted by atomic mass is 10.0. The van der Waals surface area contributed by atoms with Gasteiger partial charge in [0, 0.05) is 5.56 Å². The van der Waals surface area contributed by atoms with Gasteiger partial charge in [0.2, 0.25) is 0 Å². The van der Waals surface area contributed by atoms with Gasteiger partial charge in [-0.15, -0.1) is 18.5 Å². The standard InChI is InChI=1S/C13H14OP2/c1-14-13-8-11(16)6-7-12(13)9-2-4-10(15)5-3-9/h2-8H,15-16H2,1H3. The van der Waals surface area contributed by atoms with Crippen molar-refractivity contribution in [3.8, 4) is 16.9 Å². The minimum atomic E-state index is 0.906. The maximum atomic E-state index is 5.39. The summed E-state index contributed by atoms with van der Waals surface area (Å²) in [4.78, 5) is 0. The maximum Gasteiger partial charge on any atom is 0.127 e. The Balaban J connectivity index is 2.51. The fourth-order valence-corrected chi connectivity index (χ4v) is 2.05. The first-order valence-corrected chi connectivity index (χ1v) is 6.15. The zero-order valence-electron chi connectivity index (χ0n) is 9.10. The first kappa shape index (κ1) is 11.6. The van der Waals surface area contributed by atoms with Crippen LogP contribution in [0.2, 0.25) is 0 Å². The molecule has 2 rings (SSSR count). The topological polar surface area (TPSA) is 9.23 Å². The van der Waals surface area contributed by atoms with Gasteiger partial charge in [-0.25, -0.2) is 0 Å². The molecular formula is C13H14OP2. The molecule has 0 saturated heterocycles. The Labute approximate surface area is 101 Å². The van der Waals surface area contributed by atoms with Crippen molar-refractivity contribution in [2.75, 3.05) is 7.11 Å². The van der Waals surface area contributed by atoms with E-state index >= 15 is 0 Å². The predicted molar refractivity (Wildman–Crippen MR) is 77.1 cm³/mol. The molecule has 1 nitrogen and oxygen atoms in total. The van der Waals surface area contributed by atoms with E-state index < -0.39 is 0 Å². The summed E-state index contributed by atoms with van der Waals surface area (Å²) in [6.07, 6.45) is 0. The van der Waals surface area contributed by atoms with Crippen LogP contribution in [0.3, 0.4) is 0 Å². The summed E-state index contributed by atoms with van der Waals surface area (Å²) in [5.74, 6) is 0.906. The van der Waals surface area contributed by atoms with Crippen molar-refractivity contribution in [1.29, 1.82) is 0 Å². The van der Waals surface area contributed by atoms with Crippen molar-refractivity contribution in [2.24, 2.45) is 0 Å². The Morgan fingerprint density at radius 2 is 1.50 bits per heavy atom. The normalized spacial score (nSPS) is 10.2. The second-order valence-electron chi connectivity index (χ2n) is 3.58. The van der Waals surface area contributed by atoms with Gasteiger partial charge >= 0.3 is 0 Å². The van der Waals surface area contributed by atoms with Crippen molar-refractivity contribution in [2.45, 2.75) is 0 Å². The van der Waals surface area contributed by atoms with Crippen LogP contribution in [-0.4, -0.2) is 7.11 Å². The Bertz CT molecular complexity index is 492. The predicted octanol–water partition coefficient (Wildman–Crippen LogP) is 2.36. The van der Waals surface area contributed by atoms with E-state index in [1.165, 1.54) is 10.9 Å². The molecule has 2 atom stereocenters. The third-order valence-corrected chi connectivity index (χ3v) is 3.19. The first-order chi connectivity index (χ1) is 7.70. The molecule has 0 spiro atoms. The SMILES string of the molecule is COc1cc(P)ccc1-c1ccc(P)cc1. The maximum absolute atomic E-state index is 5.39. The number of methoxy groups -OCH3 is 1. The van der Waals surface area contributed by atoms with Crippen LogP contribution in [-0.2, 0) is 0 Å². The lowest BCUT2D eigenvalue weighted by Crippen LogP contribution is -1.96. The van der Waals surface area contributed by atoms with Crippen LogP contribution in [0.1, 0.15) is 0 Å². The van der Waals surface area contributed by atoms with Crippen LogP contribution >= 0.6 is 18.5 Å². The highest BCUT2D eigenvalue weighted by atomic mass is 31.0. The van der Waals surface area contributed by atoms with Gasteiger partial charge in [0.25, 0.3) is 0 Å². The molecule has 0 saturated carbocycles. The lowest BCUT2D eigenvalue weighted by molar-refractivity contribution is 0.417. The van der Waals surface area contributed by atoms with Crippen molar-refractivity contribution >= 4 is 29.1 Å². The van der Waals surface area contributed by atoms with Gasteiger partial charge in [-0.05, 0) is 22.2 Å². The molecule has 0 N–H and O–H groups in total. The molecule has 0 amide bonds. The number of benzene rings is 2. The van der Waals surface area contributed by atoms with Crippen LogP contribution in [0.25, 0.3) is 11.1 Å². The number of rotatable bonds is 2. The number of ether oxygens (including phenoxy) is 1. The van der Waals surface area contributed by atoms with E-state index in [0.29, 0.717) is 0 Å². The van der Waals surface area contributed by atoms with E-state index in [-0.39, 0.29) is 0 Å². The molecule has 0 fully saturated rings. The second-order valence-corrected chi connectivity index (χ2v) is 4.92. The van der Waals surface area contributed by atoms with Crippen molar-refractivity contribution < 1.29 is 4.74 Å². The van der Waals surface area contributed by atoms with E-state index in [2.05, 4.69) is 54.9 Å². The summed E-state index contributed by atoms with van der Waals surface area (Å²) in [5, 5.41) is 2.31. The zero-order valence-corrected chi connectivity index (χ0v) is 11.4. The Hall–Kier alpha value is -0.900. The zero-order chi connectivity index (χ0) is 11.5. The number of hydrogen-bond donors (Lipinski definition) is 0. The lowest BCUT2D eigenvalue weighted by Gasteiger charge is -2.09. The summed E-state index contributed by atoms with van der Waals surface area (Å²) >= 11 is 0. The van der Waals surface area contributed by atoms with Crippen molar-refractivity contribution in [3.63, 3.8) is 0 Å².